The highest BCUT2D eigenvalue weighted by Gasteiger charge is 2.30. The maximum atomic E-state index is 12.1. The van der Waals surface area contributed by atoms with Gasteiger partial charge in [0.05, 0.1) is 5.75 Å². The van der Waals surface area contributed by atoms with Crippen molar-refractivity contribution < 1.29 is 8.42 Å². The van der Waals surface area contributed by atoms with Crippen molar-refractivity contribution in [1.82, 2.24) is 9.21 Å². The minimum atomic E-state index is -3.11. The number of nitrogens with zero attached hydrogens (tertiary/aromatic N) is 2. The summed E-state index contributed by atoms with van der Waals surface area (Å²) in [6.45, 7) is 9.46. The van der Waals surface area contributed by atoms with Gasteiger partial charge in [0.25, 0.3) is 0 Å². The second kappa shape index (κ2) is 5.87. The molecule has 0 aromatic heterocycles. The van der Waals surface area contributed by atoms with Crippen LogP contribution in [0.15, 0.2) is 0 Å². The van der Waals surface area contributed by atoms with E-state index in [1.165, 1.54) is 0 Å². The van der Waals surface area contributed by atoms with Crippen molar-refractivity contribution in [3.63, 3.8) is 0 Å². The minimum Gasteiger partial charge on any atom is -0.300 e. The monoisotopic (exact) mass is 282 g/mol. The van der Waals surface area contributed by atoms with Crippen LogP contribution in [-0.2, 0) is 10.0 Å². The summed E-state index contributed by atoms with van der Waals surface area (Å²) in [4.78, 5) is 2.20. The summed E-state index contributed by atoms with van der Waals surface area (Å²) < 4.78 is 25.9. The predicted molar refractivity (Wildman–Crippen MR) is 72.0 cm³/mol. The summed E-state index contributed by atoms with van der Waals surface area (Å²) in [7, 11) is -3.11. The maximum absolute atomic E-state index is 12.1. The molecule has 0 aliphatic carbocycles. The van der Waals surface area contributed by atoms with Gasteiger partial charge in [-0.3, -0.25) is 4.90 Å². The topological polar surface area (TPSA) is 40.6 Å². The summed E-state index contributed by atoms with van der Waals surface area (Å²) in [5, 5.41) is 0. The first-order chi connectivity index (χ1) is 7.74. The van der Waals surface area contributed by atoms with Crippen molar-refractivity contribution in [3.05, 3.63) is 0 Å². The molecule has 0 spiro atoms. The van der Waals surface area contributed by atoms with Crippen LogP contribution < -0.4 is 0 Å². The van der Waals surface area contributed by atoms with Gasteiger partial charge in [-0.05, 0) is 5.41 Å². The number of halogens is 1. The Labute approximate surface area is 110 Å². The number of hydrogen-bond acceptors (Lipinski definition) is 3. The summed E-state index contributed by atoms with van der Waals surface area (Å²) in [5.74, 6) is 0.824. The third-order valence-corrected chi connectivity index (χ3v) is 5.29. The second-order valence-corrected chi connectivity index (χ2v) is 8.09. The van der Waals surface area contributed by atoms with Crippen LogP contribution in [0.3, 0.4) is 0 Å². The first-order valence-corrected chi connectivity index (χ1v) is 8.15. The van der Waals surface area contributed by atoms with E-state index >= 15 is 0 Å². The van der Waals surface area contributed by atoms with Crippen molar-refractivity contribution in [1.29, 1.82) is 0 Å². The fraction of sp³-hybridized carbons (Fsp3) is 1.00. The molecule has 0 unspecified atom stereocenters. The van der Waals surface area contributed by atoms with Gasteiger partial charge in [-0.15, -0.1) is 11.6 Å². The van der Waals surface area contributed by atoms with Crippen molar-refractivity contribution in [2.45, 2.75) is 20.8 Å². The molecule has 1 heterocycles. The van der Waals surface area contributed by atoms with Crippen molar-refractivity contribution in [3.8, 4) is 0 Å². The van der Waals surface area contributed by atoms with Crippen LogP contribution in [0.1, 0.15) is 20.8 Å². The molecule has 0 saturated carbocycles. The second-order valence-electron chi connectivity index (χ2n) is 5.75. The zero-order valence-corrected chi connectivity index (χ0v) is 12.5. The Bertz CT molecular complexity index is 330. The summed E-state index contributed by atoms with van der Waals surface area (Å²) in [6.07, 6.45) is 0. The van der Waals surface area contributed by atoms with Gasteiger partial charge >= 0.3 is 0 Å². The molecule has 0 atom stereocenters. The van der Waals surface area contributed by atoms with Crippen LogP contribution in [0.4, 0.5) is 0 Å². The average Bonchev–Trinajstić information content (AvgIpc) is 2.15. The van der Waals surface area contributed by atoms with Gasteiger partial charge in [-0.25, -0.2) is 8.42 Å². The molecule has 1 fully saturated rings. The van der Waals surface area contributed by atoms with Crippen molar-refractivity contribution in [2.24, 2.45) is 5.41 Å². The van der Waals surface area contributed by atoms with Gasteiger partial charge in [0, 0.05) is 38.6 Å². The third-order valence-electron chi connectivity index (χ3n) is 2.74. The van der Waals surface area contributed by atoms with Crippen LogP contribution in [0.25, 0.3) is 0 Å². The lowest BCUT2D eigenvalue weighted by atomic mass is 10.0. The lowest BCUT2D eigenvalue weighted by Gasteiger charge is -2.34. The normalized spacial score (nSPS) is 20.7. The number of hydrogen-bond donors (Lipinski definition) is 0. The van der Waals surface area contributed by atoms with Crippen LogP contribution in [0.5, 0.6) is 0 Å². The molecule has 0 amide bonds. The van der Waals surface area contributed by atoms with Crippen molar-refractivity contribution >= 4 is 21.6 Å². The smallest absolute Gasteiger partial charge is 0.214 e. The summed E-state index contributed by atoms with van der Waals surface area (Å²) in [6, 6.07) is 0. The van der Waals surface area contributed by atoms with E-state index in [0.717, 1.165) is 19.6 Å². The van der Waals surface area contributed by atoms with E-state index in [4.69, 9.17) is 11.6 Å². The van der Waals surface area contributed by atoms with E-state index in [2.05, 4.69) is 4.90 Å². The van der Waals surface area contributed by atoms with Gasteiger partial charge in [0.15, 0.2) is 0 Å². The van der Waals surface area contributed by atoms with Crippen LogP contribution in [0.2, 0.25) is 0 Å². The highest BCUT2D eigenvalue weighted by Crippen LogP contribution is 2.19. The highest BCUT2D eigenvalue weighted by atomic mass is 35.5. The fourth-order valence-corrected chi connectivity index (χ4v) is 4.22. The Morgan fingerprint density at radius 2 is 1.65 bits per heavy atom. The Morgan fingerprint density at radius 3 is 2.06 bits per heavy atom. The van der Waals surface area contributed by atoms with E-state index in [-0.39, 0.29) is 11.2 Å². The fourth-order valence-electron chi connectivity index (χ4n) is 1.99. The maximum Gasteiger partial charge on any atom is 0.214 e. The molecule has 0 aromatic rings. The zero-order valence-electron chi connectivity index (χ0n) is 10.9. The Kier molecular flexibility index (Phi) is 5.25. The molecule has 4 nitrogen and oxygen atoms in total. The van der Waals surface area contributed by atoms with E-state index in [9.17, 15) is 8.42 Å². The molecule has 1 aliphatic rings. The molecule has 6 heteroatoms. The van der Waals surface area contributed by atoms with Crippen LogP contribution in [-0.4, -0.2) is 62.0 Å². The van der Waals surface area contributed by atoms with Gasteiger partial charge in [-0.1, -0.05) is 20.8 Å². The summed E-state index contributed by atoms with van der Waals surface area (Å²) >= 11 is 5.67. The molecule has 1 saturated heterocycles. The Balaban J connectivity index is 2.53. The van der Waals surface area contributed by atoms with E-state index in [1.807, 2.05) is 20.8 Å². The van der Waals surface area contributed by atoms with Gasteiger partial charge in [-0.2, -0.15) is 4.31 Å². The van der Waals surface area contributed by atoms with E-state index in [0.29, 0.717) is 19.0 Å². The molecule has 0 bridgehead atoms. The summed E-state index contributed by atoms with van der Waals surface area (Å²) in [5.41, 5.74) is -0.188. The number of rotatable bonds is 4. The predicted octanol–water partition coefficient (Wildman–Crippen LogP) is 1.22. The van der Waals surface area contributed by atoms with Gasteiger partial charge in [0.2, 0.25) is 10.0 Å². The van der Waals surface area contributed by atoms with Gasteiger partial charge in [0.1, 0.15) is 0 Å². The molecule has 0 radical (unpaired) electrons. The Morgan fingerprint density at radius 1 is 1.12 bits per heavy atom. The molecular formula is C11H23ClN2O2S. The molecule has 17 heavy (non-hydrogen) atoms. The SMILES string of the molecule is CC(C)(C)CS(=O)(=O)N1CCN(CCCl)CC1. The minimum absolute atomic E-state index is 0.188. The largest absolute Gasteiger partial charge is 0.300 e. The molecule has 0 N–H and O–H groups in total. The van der Waals surface area contributed by atoms with E-state index < -0.39 is 10.0 Å². The third kappa shape index (κ3) is 5.12. The van der Waals surface area contributed by atoms with Crippen LogP contribution in [0, 0.1) is 5.41 Å². The lowest BCUT2D eigenvalue weighted by molar-refractivity contribution is 0.196. The molecule has 102 valence electrons. The first-order valence-electron chi connectivity index (χ1n) is 6.01. The van der Waals surface area contributed by atoms with Gasteiger partial charge < -0.3 is 0 Å². The average molecular weight is 283 g/mol. The van der Waals surface area contributed by atoms with E-state index in [1.54, 1.807) is 4.31 Å². The highest BCUT2D eigenvalue weighted by molar-refractivity contribution is 7.89. The molecular weight excluding hydrogens is 260 g/mol. The zero-order chi connectivity index (χ0) is 13.1. The van der Waals surface area contributed by atoms with Crippen LogP contribution >= 0.6 is 11.6 Å². The molecule has 0 aromatic carbocycles. The number of alkyl halides is 1. The first kappa shape index (κ1) is 15.2. The standard InChI is InChI=1S/C11H23ClN2O2S/c1-11(2,3)10-17(15,16)14-8-6-13(5-4-12)7-9-14/h4-10H2,1-3H3. The molecule has 1 rings (SSSR count). The molecule has 1 aliphatic heterocycles. The number of sulfonamides is 1. The number of piperazine rings is 1. The lowest BCUT2D eigenvalue weighted by Crippen LogP contribution is -2.50. The quantitative estimate of drug-likeness (QED) is 0.728. The van der Waals surface area contributed by atoms with Crippen molar-refractivity contribution in [2.75, 3.05) is 44.4 Å². The Hall–Kier alpha value is 0.160.